The number of rotatable bonds is 11. The van der Waals surface area contributed by atoms with E-state index in [0.717, 1.165) is 47.4 Å². The van der Waals surface area contributed by atoms with E-state index in [4.69, 9.17) is 9.47 Å². The third-order valence-corrected chi connectivity index (χ3v) is 7.87. The van der Waals surface area contributed by atoms with Gasteiger partial charge in [-0.2, -0.15) is 0 Å². The average Bonchev–Trinajstić information content (AvgIpc) is 3.42. The SMILES string of the molecule is C=CCn1c(COc2cccc(C)c2)nnc1SCC(=O)Nc1sc2c(c1C(=O)OCC)CCCC2. The van der Waals surface area contributed by atoms with Gasteiger partial charge in [0.25, 0.3) is 0 Å². The van der Waals surface area contributed by atoms with Crippen LogP contribution in [0.25, 0.3) is 0 Å². The average molecular weight is 527 g/mol. The van der Waals surface area contributed by atoms with Crippen molar-refractivity contribution in [3.05, 3.63) is 64.3 Å². The Hall–Kier alpha value is -3.11. The van der Waals surface area contributed by atoms with Crippen LogP contribution in [0.4, 0.5) is 5.00 Å². The van der Waals surface area contributed by atoms with E-state index in [1.807, 2.05) is 35.8 Å². The van der Waals surface area contributed by atoms with Gasteiger partial charge in [0, 0.05) is 11.4 Å². The second kappa shape index (κ2) is 12.2. The summed E-state index contributed by atoms with van der Waals surface area (Å²) in [6, 6.07) is 7.81. The lowest BCUT2D eigenvalue weighted by molar-refractivity contribution is -0.113. The first-order chi connectivity index (χ1) is 17.5. The highest BCUT2D eigenvalue weighted by Crippen LogP contribution is 2.38. The molecule has 1 aromatic carbocycles. The number of anilines is 1. The molecule has 3 aromatic rings. The van der Waals surface area contributed by atoms with Crippen molar-refractivity contribution in [3.63, 3.8) is 0 Å². The van der Waals surface area contributed by atoms with Gasteiger partial charge < -0.3 is 14.8 Å². The summed E-state index contributed by atoms with van der Waals surface area (Å²) >= 11 is 2.76. The summed E-state index contributed by atoms with van der Waals surface area (Å²) in [6.45, 7) is 8.65. The zero-order valence-corrected chi connectivity index (χ0v) is 22.2. The number of amides is 1. The highest BCUT2D eigenvalue weighted by molar-refractivity contribution is 7.99. The molecule has 0 fully saturated rings. The Morgan fingerprint density at radius 2 is 2.11 bits per heavy atom. The van der Waals surface area contributed by atoms with Crippen molar-refractivity contribution < 1.29 is 19.1 Å². The predicted octanol–water partition coefficient (Wildman–Crippen LogP) is 5.20. The summed E-state index contributed by atoms with van der Waals surface area (Å²) < 4.78 is 13.0. The maximum Gasteiger partial charge on any atom is 0.341 e. The van der Waals surface area contributed by atoms with Crippen LogP contribution in [0.5, 0.6) is 5.75 Å². The van der Waals surface area contributed by atoms with E-state index >= 15 is 0 Å². The summed E-state index contributed by atoms with van der Waals surface area (Å²) in [5.41, 5.74) is 2.65. The van der Waals surface area contributed by atoms with Gasteiger partial charge in [0.2, 0.25) is 5.91 Å². The summed E-state index contributed by atoms with van der Waals surface area (Å²) in [5, 5.41) is 12.6. The normalized spacial score (nSPS) is 12.6. The quantitative estimate of drug-likeness (QED) is 0.208. The smallest absolute Gasteiger partial charge is 0.341 e. The van der Waals surface area contributed by atoms with Gasteiger partial charge in [-0.3, -0.25) is 9.36 Å². The van der Waals surface area contributed by atoms with Gasteiger partial charge in [-0.15, -0.1) is 28.1 Å². The molecule has 0 bridgehead atoms. The van der Waals surface area contributed by atoms with Crippen LogP contribution in [0.3, 0.4) is 0 Å². The summed E-state index contributed by atoms with van der Waals surface area (Å²) in [6.07, 6.45) is 5.64. The number of nitrogens with zero attached hydrogens (tertiary/aromatic N) is 3. The molecule has 190 valence electrons. The predicted molar refractivity (Wildman–Crippen MR) is 142 cm³/mol. The van der Waals surface area contributed by atoms with E-state index in [-0.39, 0.29) is 24.2 Å². The van der Waals surface area contributed by atoms with E-state index in [9.17, 15) is 9.59 Å². The standard InChI is InChI=1S/C26H30N4O4S2/c1-4-13-30-21(15-34-18-10-8-9-17(3)14-18)28-29-26(30)35-16-22(31)27-24-23(25(32)33-5-2)19-11-6-7-12-20(19)36-24/h4,8-10,14H,1,5-7,11-13,15-16H2,2-3H3,(H,27,31). The molecule has 0 radical (unpaired) electrons. The van der Waals surface area contributed by atoms with Crippen LogP contribution in [-0.4, -0.2) is 39.0 Å². The number of hydrogen-bond donors (Lipinski definition) is 1. The lowest BCUT2D eigenvalue weighted by Gasteiger charge is -2.12. The first-order valence-electron chi connectivity index (χ1n) is 12.0. The molecular formula is C26H30N4O4S2. The molecule has 1 amide bonds. The number of ether oxygens (including phenoxy) is 2. The molecule has 0 atom stereocenters. The van der Waals surface area contributed by atoms with Gasteiger partial charge in [-0.1, -0.05) is 30.0 Å². The van der Waals surface area contributed by atoms with E-state index in [1.165, 1.54) is 23.1 Å². The van der Waals surface area contributed by atoms with Crippen LogP contribution in [0.2, 0.25) is 0 Å². The van der Waals surface area contributed by atoms with Crippen LogP contribution >= 0.6 is 23.1 Å². The van der Waals surface area contributed by atoms with Crippen molar-refractivity contribution in [1.82, 2.24) is 14.8 Å². The van der Waals surface area contributed by atoms with Crippen molar-refractivity contribution in [2.75, 3.05) is 17.7 Å². The number of nitrogens with one attached hydrogen (secondary N) is 1. The first-order valence-corrected chi connectivity index (χ1v) is 13.8. The van der Waals surface area contributed by atoms with Crippen LogP contribution in [0.15, 0.2) is 42.1 Å². The molecule has 0 saturated heterocycles. The molecule has 0 spiro atoms. The van der Waals surface area contributed by atoms with E-state index < -0.39 is 0 Å². The Labute approximate surface area is 219 Å². The first kappa shape index (κ1) is 26.0. The highest BCUT2D eigenvalue weighted by Gasteiger charge is 2.27. The summed E-state index contributed by atoms with van der Waals surface area (Å²) in [5.74, 6) is 0.945. The molecule has 1 aliphatic carbocycles. The molecule has 1 N–H and O–H groups in total. The van der Waals surface area contributed by atoms with E-state index in [0.29, 0.717) is 34.7 Å². The third kappa shape index (κ3) is 6.17. The number of aryl methyl sites for hydroxylation is 2. The van der Waals surface area contributed by atoms with Crippen LogP contribution in [0, 0.1) is 6.92 Å². The lowest BCUT2D eigenvalue weighted by atomic mass is 9.95. The molecule has 1 aliphatic rings. The lowest BCUT2D eigenvalue weighted by Crippen LogP contribution is -2.17. The second-order valence-corrected chi connectivity index (χ2v) is 10.4. The number of allylic oxidation sites excluding steroid dienone is 1. The number of hydrogen-bond acceptors (Lipinski definition) is 8. The molecule has 2 heterocycles. The number of carbonyl (C=O) groups excluding carboxylic acids is 2. The molecule has 4 rings (SSSR count). The van der Waals surface area contributed by atoms with E-state index in [1.54, 1.807) is 13.0 Å². The largest absolute Gasteiger partial charge is 0.486 e. The number of esters is 1. The van der Waals surface area contributed by atoms with Gasteiger partial charge in [-0.05, 0) is 62.8 Å². The van der Waals surface area contributed by atoms with Crippen molar-refractivity contribution in [2.24, 2.45) is 0 Å². The van der Waals surface area contributed by atoms with Crippen molar-refractivity contribution in [1.29, 1.82) is 0 Å². The number of benzene rings is 1. The molecule has 2 aromatic heterocycles. The van der Waals surface area contributed by atoms with Crippen molar-refractivity contribution in [2.45, 2.75) is 57.8 Å². The van der Waals surface area contributed by atoms with Gasteiger partial charge >= 0.3 is 5.97 Å². The second-order valence-electron chi connectivity index (χ2n) is 8.38. The zero-order valence-electron chi connectivity index (χ0n) is 20.5. The number of fused-ring (bicyclic) bond motifs is 1. The van der Waals surface area contributed by atoms with Crippen molar-refractivity contribution >= 4 is 40.0 Å². The third-order valence-electron chi connectivity index (χ3n) is 5.70. The summed E-state index contributed by atoms with van der Waals surface area (Å²) in [7, 11) is 0. The number of thiophene rings is 1. The fraction of sp³-hybridized carbons (Fsp3) is 0.385. The molecule has 0 aliphatic heterocycles. The Balaban J connectivity index is 1.42. The number of thioether (sulfide) groups is 1. The van der Waals surface area contributed by atoms with Crippen LogP contribution in [0.1, 0.15) is 52.0 Å². The molecule has 0 saturated carbocycles. The zero-order chi connectivity index (χ0) is 25.5. The monoisotopic (exact) mass is 526 g/mol. The molecule has 10 heteroatoms. The molecule has 36 heavy (non-hydrogen) atoms. The fourth-order valence-corrected chi connectivity index (χ4v) is 6.12. The van der Waals surface area contributed by atoms with Crippen LogP contribution < -0.4 is 10.1 Å². The van der Waals surface area contributed by atoms with E-state index in [2.05, 4.69) is 22.1 Å². The minimum absolute atomic E-state index is 0.124. The summed E-state index contributed by atoms with van der Waals surface area (Å²) in [4.78, 5) is 26.7. The van der Waals surface area contributed by atoms with Gasteiger partial charge in [-0.25, -0.2) is 4.79 Å². The van der Waals surface area contributed by atoms with Gasteiger partial charge in [0.05, 0.1) is 17.9 Å². The van der Waals surface area contributed by atoms with Gasteiger partial charge in [0.1, 0.15) is 17.4 Å². The number of aromatic nitrogens is 3. The van der Waals surface area contributed by atoms with Crippen LogP contribution in [-0.2, 0) is 35.5 Å². The Kier molecular flexibility index (Phi) is 8.82. The topological polar surface area (TPSA) is 95.3 Å². The molecule has 0 unspecified atom stereocenters. The Bertz CT molecular complexity index is 1250. The fourth-order valence-electron chi connectivity index (χ4n) is 4.06. The minimum Gasteiger partial charge on any atom is -0.486 e. The Morgan fingerprint density at radius 3 is 2.89 bits per heavy atom. The maximum absolute atomic E-state index is 12.9. The Morgan fingerprint density at radius 1 is 1.28 bits per heavy atom. The number of carbonyl (C=O) groups is 2. The maximum atomic E-state index is 12.9. The highest BCUT2D eigenvalue weighted by atomic mass is 32.2. The van der Waals surface area contributed by atoms with Gasteiger partial charge in [0.15, 0.2) is 11.0 Å². The molecule has 8 nitrogen and oxygen atoms in total. The van der Waals surface area contributed by atoms with Crippen molar-refractivity contribution in [3.8, 4) is 5.75 Å². The minimum atomic E-state index is -0.371. The molecular weight excluding hydrogens is 496 g/mol.